The highest BCUT2D eigenvalue weighted by atomic mass is 35.5. The first-order valence-electron chi connectivity index (χ1n) is 9.78. The van der Waals surface area contributed by atoms with Crippen molar-refractivity contribution >= 4 is 29.5 Å². The number of nitrogens with zero attached hydrogens (tertiary/aromatic N) is 1. The Labute approximate surface area is 165 Å². The van der Waals surface area contributed by atoms with Crippen LogP contribution in [0, 0.1) is 11.8 Å². The molecule has 27 heavy (non-hydrogen) atoms. The van der Waals surface area contributed by atoms with Crippen molar-refractivity contribution < 1.29 is 19.5 Å². The van der Waals surface area contributed by atoms with E-state index < -0.39 is 29.9 Å². The van der Waals surface area contributed by atoms with Crippen LogP contribution in [0.25, 0.3) is 0 Å². The number of urea groups is 1. The maximum atomic E-state index is 12.5. The number of rotatable bonds is 9. The van der Waals surface area contributed by atoms with Crippen molar-refractivity contribution in [3.8, 4) is 0 Å². The number of amides is 3. The summed E-state index contributed by atoms with van der Waals surface area (Å²) in [6, 6.07) is -1.70. The summed E-state index contributed by atoms with van der Waals surface area (Å²) in [4.78, 5) is 37.6. The molecule has 3 amide bonds. The molecule has 6 nitrogen and oxygen atoms in total. The second-order valence-electron chi connectivity index (χ2n) is 7.36. The van der Waals surface area contributed by atoms with Gasteiger partial charge in [0.25, 0.3) is 0 Å². The molecule has 2 aliphatic rings. The largest absolute Gasteiger partial charge is 0.480 e. The molecule has 1 saturated heterocycles. The predicted molar refractivity (Wildman–Crippen MR) is 104 cm³/mol. The monoisotopic (exact) mass is 396 g/mol. The molecule has 1 fully saturated rings. The number of hydrogen-bond acceptors (Lipinski definition) is 3. The minimum atomic E-state index is -1.13. The van der Waals surface area contributed by atoms with Crippen LogP contribution in [0.1, 0.15) is 58.8 Å². The van der Waals surface area contributed by atoms with E-state index in [1.54, 1.807) is 0 Å². The molecule has 1 aliphatic heterocycles. The molecule has 1 heterocycles. The Balaban J connectivity index is 1.95. The van der Waals surface area contributed by atoms with Gasteiger partial charge in [0.1, 0.15) is 0 Å². The van der Waals surface area contributed by atoms with Crippen LogP contribution in [0.3, 0.4) is 0 Å². The van der Waals surface area contributed by atoms with Crippen LogP contribution in [0.5, 0.6) is 0 Å². The van der Waals surface area contributed by atoms with Gasteiger partial charge in [-0.1, -0.05) is 50.4 Å². The Morgan fingerprint density at radius 2 is 1.96 bits per heavy atom. The zero-order chi connectivity index (χ0) is 20.0. The molecule has 7 heteroatoms. The lowest BCUT2D eigenvalue weighted by Crippen LogP contribution is -2.68. The SMILES string of the molecule is CCCC(CCC)NC(=O)N1C(=O)[C@H](CCC2C=CC=C(Cl)C2)[C@H]1C(=O)O. The summed E-state index contributed by atoms with van der Waals surface area (Å²) in [5.74, 6) is -1.98. The molecular weight excluding hydrogens is 368 g/mol. The van der Waals surface area contributed by atoms with Crippen LogP contribution in [-0.4, -0.2) is 40.0 Å². The number of halogens is 1. The molecule has 1 aliphatic carbocycles. The highest BCUT2D eigenvalue weighted by molar-refractivity contribution is 6.29. The van der Waals surface area contributed by atoms with Gasteiger partial charge in [0, 0.05) is 11.1 Å². The number of hydrogen-bond donors (Lipinski definition) is 2. The molecule has 0 aromatic rings. The fourth-order valence-corrected chi connectivity index (χ4v) is 4.14. The molecule has 3 atom stereocenters. The Morgan fingerprint density at radius 1 is 1.30 bits per heavy atom. The van der Waals surface area contributed by atoms with Crippen LogP contribution >= 0.6 is 11.6 Å². The number of likely N-dealkylation sites (tertiary alicyclic amines) is 1. The van der Waals surface area contributed by atoms with Crippen LogP contribution in [0.15, 0.2) is 23.3 Å². The number of allylic oxidation sites excluding steroid dienone is 4. The molecule has 0 saturated carbocycles. The van der Waals surface area contributed by atoms with Crippen molar-refractivity contribution in [3.63, 3.8) is 0 Å². The van der Waals surface area contributed by atoms with Gasteiger partial charge in [-0.05, 0) is 44.1 Å². The summed E-state index contributed by atoms with van der Waals surface area (Å²) < 4.78 is 0. The lowest BCUT2D eigenvalue weighted by Gasteiger charge is -2.43. The van der Waals surface area contributed by atoms with E-state index in [0.717, 1.165) is 35.6 Å². The van der Waals surface area contributed by atoms with Crippen molar-refractivity contribution in [2.45, 2.75) is 70.9 Å². The van der Waals surface area contributed by atoms with Crippen LogP contribution in [0.4, 0.5) is 4.79 Å². The van der Waals surface area contributed by atoms with E-state index >= 15 is 0 Å². The van der Waals surface area contributed by atoms with Gasteiger partial charge in [0.2, 0.25) is 5.91 Å². The first-order valence-corrected chi connectivity index (χ1v) is 10.2. The summed E-state index contributed by atoms with van der Waals surface area (Å²) in [6.45, 7) is 4.06. The molecular formula is C20H29ClN2O4. The normalized spacial score (nSPS) is 24.6. The van der Waals surface area contributed by atoms with E-state index in [-0.39, 0.29) is 12.0 Å². The average Bonchev–Trinajstić information content (AvgIpc) is 2.59. The first-order chi connectivity index (χ1) is 12.9. The fourth-order valence-electron chi connectivity index (χ4n) is 3.86. The summed E-state index contributed by atoms with van der Waals surface area (Å²) in [7, 11) is 0. The molecule has 1 unspecified atom stereocenters. The third-order valence-corrected chi connectivity index (χ3v) is 5.53. The van der Waals surface area contributed by atoms with Gasteiger partial charge in [-0.3, -0.25) is 4.79 Å². The number of imide groups is 1. The molecule has 0 aromatic heterocycles. The van der Waals surface area contributed by atoms with Crippen molar-refractivity contribution in [1.82, 2.24) is 10.2 Å². The first kappa shape index (κ1) is 21.5. The molecule has 2 rings (SSSR count). The zero-order valence-electron chi connectivity index (χ0n) is 16.0. The Hall–Kier alpha value is -1.82. The predicted octanol–water partition coefficient (Wildman–Crippen LogP) is 4.06. The maximum Gasteiger partial charge on any atom is 0.327 e. The van der Waals surface area contributed by atoms with Crippen molar-refractivity contribution in [1.29, 1.82) is 0 Å². The van der Waals surface area contributed by atoms with E-state index in [9.17, 15) is 19.5 Å². The highest BCUT2D eigenvalue weighted by Gasteiger charge is 2.54. The quantitative estimate of drug-likeness (QED) is 0.575. The smallest absolute Gasteiger partial charge is 0.327 e. The van der Waals surface area contributed by atoms with Gasteiger partial charge in [-0.2, -0.15) is 0 Å². The third-order valence-electron chi connectivity index (χ3n) is 5.25. The van der Waals surface area contributed by atoms with Crippen LogP contribution < -0.4 is 5.32 Å². The Morgan fingerprint density at radius 3 is 2.52 bits per heavy atom. The molecule has 0 spiro atoms. The summed E-state index contributed by atoms with van der Waals surface area (Å²) >= 11 is 6.03. The standard InChI is InChI=1S/C20H29ClN2O4/c1-3-6-15(7-4-2)22-20(27)23-17(19(25)26)16(18(23)24)11-10-13-8-5-9-14(21)12-13/h5,8-9,13,15-17H,3-4,6-7,10-12H2,1-2H3,(H,22,27)(H,25,26)/t13?,16-,17+/m1/s1. The molecule has 0 bridgehead atoms. The zero-order valence-corrected chi connectivity index (χ0v) is 16.7. The Kier molecular flexibility index (Phi) is 7.90. The van der Waals surface area contributed by atoms with Gasteiger partial charge < -0.3 is 10.4 Å². The van der Waals surface area contributed by atoms with Crippen LogP contribution in [0.2, 0.25) is 0 Å². The van der Waals surface area contributed by atoms with Crippen molar-refractivity contribution in [3.05, 3.63) is 23.3 Å². The maximum absolute atomic E-state index is 12.5. The average molecular weight is 397 g/mol. The van der Waals surface area contributed by atoms with Crippen molar-refractivity contribution in [2.75, 3.05) is 0 Å². The molecule has 2 N–H and O–H groups in total. The summed E-state index contributed by atoms with van der Waals surface area (Å²) in [6.07, 6.45) is 11.0. The van der Waals surface area contributed by atoms with Gasteiger partial charge in [-0.25, -0.2) is 14.5 Å². The van der Waals surface area contributed by atoms with Gasteiger partial charge in [-0.15, -0.1) is 0 Å². The number of carboxylic acid groups (broad SMARTS) is 1. The van der Waals surface area contributed by atoms with Gasteiger partial charge in [0.15, 0.2) is 6.04 Å². The van der Waals surface area contributed by atoms with Gasteiger partial charge >= 0.3 is 12.0 Å². The number of carbonyl (C=O) groups excluding carboxylic acids is 2. The number of nitrogens with one attached hydrogen (secondary N) is 1. The van der Waals surface area contributed by atoms with E-state index in [2.05, 4.69) is 5.32 Å². The minimum Gasteiger partial charge on any atom is -0.480 e. The lowest BCUT2D eigenvalue weighted by molar-refractivity contribution is -0.166. The summed E-state index contributed by atoms with van der Waals surface area (Å²) in [5.41, 5.74) is 0. The molecule has 0 radical (unpaired) electrons. The lowest BCUT2D eigenvalue weighted by atomic mass is 9.81. The van der Waals surface area contributed by atoms with E-state index in [0.29, 0.717) is 19.3 Å². The highest BCUT2D eigenvalue weighted by Crippen LogP contribution is 2.34. The van der Waals surface area contributed by atoms with E-state index in [1.165, 1.54) is 0 Å². The fraction of sp³-hybridized carbons (Fsp3) is 0.650. The number of aliphatic carboxylic acids is 1. The third kappa shape index (κ3) is 5.34. The second kappa shape index (κ2) is 9.93. The van der Waals surface area contributed by atoms with E-state index in [4.69, 9.17) is 11.6 Å². The van der Waals surface area contributed by atoms with Crippen molar-refractivity contribution in [2.24, 2.45) is 11.8 Å². The topological polar surface area (TPSA) is 86.7 Å². The number of β-lactam (4-membered cyclic amide) rings is 1. The number of carbonyl (C=O) groups is 3. The van der Waals surface area contributed by atoms with E-state index in [1.807, 2.05) is 32.1 Å². The molecule has 150 valence electrons. The summed E-state index contributed by atoms with van der Waals surface area (Å²) in [5, 5.41) is 13.1. The van der Waals surface area contributed by atoms with Gasteiger partial charge in [0.05, 0.1) is 5.92 Å². The molecule has 0 aromatic carbocycles. The number of carboxylic acids is 1. The minimum absolute atomic E-state index is 0.0323. The van der Waals surface area contributed by atoms with Crippen LogP contribution in [-0.2, 0) is 9.59 Å². The second-order valence-corrected chi connectivity index (χ2v) is 7.85. The Bertz CT molecular complexity index is 625.